The van der Waals surface area contributed by atoms with Crippen LogP contribution >= 0.6 is 0 Å². The van der Waals surface area contributed by atoms with Crippen LogP contribution in [0.15, 0.2) is 91.0 Å². The summed E-state index contributed by atoms with van der Waals surface area (Å²) < 4.78 is 27.9. The van der Waals surface area contributed by atoms with Gasteiger partial charge in [0.25, 0.3) is 0 Å². The van der Waals surface area contributed by atoms with E-state index in [2.05, 4.69) is 9.97 Å². The Balaban J connectivity index is 1.48. The molecule has 0 unspecified atom stereocenters. The number of aromatic nitrogens is 8. The highest BCUT2D eigenvalue weighted by atomic mass is 32.2. The lowest BCUT2D eigenvalue weighted by Gasteiger charge is -2.00. The van der Waals surface area contributed by atoms with Gasteiger partial charge in [-0.2, -0.15) is 0 Å². The molecule has 8 bridgehead atoms. The minimum Gasteiger partial charge on any atom is -0.324 e. The van der Waals surface area contributed by atoms with Crippen LogP contribution < -0.4 is 5.19 Å². The minimum atomic E-state index is -2.99. The molecule has 4 aromatic carbocycles. The van der Waals surface area contributed by atoms with Crippen molar-refractivity contribution in [2.75, 3.05) is 0 Å². The van der Waals surface area contributed by atoms with Crippen molar-refractivity contribution in [3.63, 3.8) is 0 Å². The number of nitrogens with one attached hydrogen (secondary N) is 2. The van der Waals surface area contributed by atoms with Gasteiger partial charge in [-0.25, -0.2) is 38.3 Å². The van der Waals surface area contributed by atoms with Crippen LogP contribution in [0.25, 0.3) is 89.7 Å². The fourth-order valence-corrected chi connectivity index (χ4v) is 7.72. The maximum Gasteiger partial charge on any atom is 0.247 e. The zero-order valence-electron chi connectivity index (χ0n) is 23.2. The fraction of sp³-hybridized carbons (Fsp3) is 0. The monoisotopic (exact) mass is 624 g/mol. The Labute approximate surface area is 258 Å². The Hall–Kier alpha value is -5.63. The molecular weight excluding hydrogens is 605 g/mol. The number of nitrogens with zero attached hydrogens (tertiary/aromatic N) is 6. The lowest BCUT2D eigenvalue weighted by Crippen LogP contribution is -2.17. The lowest BCUT2D eigenvalue weighted by molar-refractivity contribution is 0.529. The van der Waals surface area contributed by atoms with E-state index in [1.165, 1.54) is 0 Å². The number of benzene rings is 4. The highest BCUT2D eigenvalue weighted by molar-refractivity contribution is 7.68. The summed E-state index contributed by atoms with van der Waals surface area (Å²) in [6.07, 6.45) is 0. The van der Waals surface area contributed by atoms with Crippen LogP contribution in [0.1, 0.15) is 0 Å². The number of thiol groups is 1. The molecule has 0 amide bonds. The van der Waals surface area contributed by atoms with Gasteiger partial charge in [-0.15, -0.1) is 0 Å². The Kier molecular flexibility index (Phi) is 5.71. The quantitative estimate of drug-likeness (QED) is 0.195. The average molecular weight is 625 g/mol. The normalized spacial score (nSPS) is 12.4. The Morgan fingerprint density at radius 3 is 1.42 bits per heavy atom. The van der Waals surface area contributed by atoms with Crippen LogP contribution in [0.4, 0.5) is 0 Å². The van der Waals surface area contributed by atoms with Gasteiger partial charge in [-0.05, 0) is 5.19 Å². The average Bonchev–Trinajstić information content (AvgIpc) is 3.79. The molecule has 0 fully saturated rings. The van der Waals surface area contributed by atoms with E-state index in [1.807, 2.05) is 91.0 Å². The fourth-order valence-electron chi connectivity index (χ4n) is 6.01. The molecule has 5 heterocycles. The lowest BCUT2D eigenvalue weighted by atomic mass is 10.1. The molecule has 11 nitrogen and oxygen atoms in total. The van der Waals surface area contributed by atoms with Crippen LogP contribution in [0.2, 0.25) is 0 Å². The van der Waals surface area contributed by atoms with Crippen LogP contribution in [-0.2, 0) is 14.9 Å². The van der Waals surface area contributed by atoms with E-state index in [0.717, 1.165) is 49.0 Å². The van der Waals surface area contributed by atoms with Gasteiger partial charge in [-0.1, -0.05) is 91.0 Å². The Morgan fingerprint density at radius 1 is 0.489 bits per heavy atom. The van der Waals surface area contributed by atoms with Gasteiger partial charge in [0.05, 0.1) is 0 Å². The summed E-state index contributed by atoms with van der Waals surface area (Å²) in [5.74, 6) is 2.00. The summed E-state index contributed by atoms with van der Waals surface area (Å²) in [6.45, 7) is 0. The molecule has 7 aromatic rings. The molecule has 0 radical (unpaired) electrons. The SMILES string of the molecule is O=[SH](=O)O[SiH2]c1cccc2c3nc4nc(nc5[nH]c(nc6nc(nc([nH]3)c12)-c1ccccc1-6)c1ccccc51)-c1ccccc1-4. The van der Waals surface area contributed by atoms with Crippen molar-refractivity contribution in [1.29, 1.82) is 0 Å². The zero-order chi connectivity index (χ0) is 30.1. The largest absolute Gasteiger partial charge is 0.324 e. The summed E-state index contributed by atoms with van der Waals surface area (Å²) in [7, 11) is -4.64. The van der Waals surface area contributed by atoms with Gasteiger partial charge < -0.3 is 13.8 Å². The number of H-pyrrole nitrogens is 2. The van der Waals surface area contributed by atoms with E-state index < -0.39 is 20.7 Å². The third-order valence-electron chi connectivity index (χ3n) is 7.99. The molecule has 216 valence electrons. The van der Waals surface area contributed by atoms with E-state index >= 15 is 0 Å². The Morgan fingerprint density at radius 2 is 0.911 bits per heavy atom. The van der Waals surface area contributed by atoms with Crippen molar-refractivity contribution in [2.24, 2.45) is 0 Å². The molecule has 13 heteroatoms. The third-order valence-corrected chi connectivity index (χ3v) is 10.3. The van der Waals surface area contributed by atoms with Crippen molar-refractivity contribution < 1.29 is 12.3 Å². The van der Waals surface area contributed by atoms with Crippen LogP contribution in [0.5, 0.6) is 0 Å². The van der Waals surface area contributed by atoms with Gasteiger partial charge in [0.15, 0.2) is 23.3 Å². The first-order chi connectivity index (χ1) is 22.1. The highest BCUT2D eigenvalue weighted by Gasteiger charge is 2.22. The number of aromatic amines is 2. The molecular formula is C32H20N8O3SSi. The standard InChI is InChI=1S/C32H20N8O3SSi/c41-44(42)43-45-23-15-7-14-22-24(23)32-39-30-21-13-6-5-12-20(21)28(37-30)35-26-17-9-2-1-8-16(17)25(33-26)34-27-18-10-3-4-11-19(18)29(36-27)38-31(22)40-32/h1-15,44H,45H2,(H2,33,34,35,36,37,38,39,40). The molecule has 0 aliphatic carbocycles. The molecule has 9 rings (SSSR count). The van der Waals surface area contributed by atoms with E-state index in [4.69, 9.17) is 33.8 Å². The second-order valence-corrected chi connectivity index (χ2v) is 13.1. The molecule has 2 aliphatic rings. The summed E-state index contributed by atoms with van der Waals surface area (Å²) in [6, 6.07) is 29.2. The summed E-state index contributed by atoms with van der Waals surface area (Å²) in [5, 5.41) is 4.07. The van der Waals surface area contributed by atoms with Crippen molar-refractivity contribution in [3.05, 3.63) is 91.0 Å². The third kappa shape index (κ3) is 4.17. The predicted octanol–water partition coefficient (Wildman–Crippen LogP) is 4.12. The van der Waals surface area contributed by atoms with Gasteiger partial charge >= 0.3 is 0 Å². The molecule has 2 N–H and O–H groups in total. The molecule has 0 atom stereocenters. The van der Waals surface area contributed by atoms with Crippen molar-refractivity contribution in [1.82, 2.24) is 39.9 Å². The van der Waals surface area contributed by atoms with E-state index in [0.29, 0.717) is 45.9 Å². The number of rotatable bonds is 3. The Bertz CT molecular complexity index is 2620. The van der Waals surface area contributed by atoms with E-state index in [9.17, 15) is 8.42 Å². The van der Waals surface area contributed by atoms with Crippen molar-refractivity contribution >= 4 is 70.1 Å². The second-order valence-electron chi connectivity index (χ2n) is 10.6. The van der Waals surface area contributed by atoms with E-state index in [1.54, 1.807) is 0 Å². The van der Waals surface area contributed by atoms with E-state index in [-0.39, 0.29) is 0 Å². The molecule has 45 heavy (non-hydrogen) atoms. The number of fused-ring (bicyclic) bond motifs is 20. The zero-order valence-corrected chi connectivity index (χ0v) is 25.5. The minimum absolute atomic E-state index is 0.471. The maximum atomic E-state index is 11.4. The summed E-state index contributed by atoms with van der Waals surface area (Å²) in [4.78, 5) is 36.6. The van der Waals surface area contributed by atoms with Crippen LogP contribution in [-0.4, -0.2) is 58.1 Å². The topological polar surface area (TPSA) is 152 Å². The molecule has 2 aliphatic heterocycles. The smallest absolute Gasteiger partial charge is 0.247 e. The van der Waals surface area contributed by atoms with Gasteiger partial charge in [0, 0.05) is 43.8 Å². The molecule has 0 spiro atoms. The number of hydrogen-bond donors (Lipinski definition) is 3. The summed E-state index contributed by atoms with van der Waals surface area (Å²) in [5.41, 5.74) is 5.63. The first-order valence-electron chi connectivity index (χ1n) is 14.1. The second kappa shape index (κ2) is 9.95. The van der Waals surface area contributed by atoms with Gasteiger partial charge in [-0.3, -0.25) is 0 Å². The van der Waals surface area contributed by atoms with Gasteiger partial charge in [0.2, 0.25) is 20.7 Å². The molecule has 3 aromatic heterocycles. The highest BCUT2D eigenvalue weighted by Crippen LogP contribution is 2.36. The molecule has 0 saturated heterocycles. The van der Waals surface area contributed by atoms with Crippen molar-refractivity contribution in [2.45, 2.75) is 0 Å². The first kappa shape index (κ1) is 25.8. The van der Waals surface area contributed by atoms with Crippen LogP contribution in [0.3, 0.4) is 0 Å². The maximum absolute atomic E-state index is 11.4. The number of hydrogen-bond acceptors (Lipinski definition) is 9. The van der Waals surface area contributed by atoms with Crippen molar-refractivity contribution in [3.8, 4) is 45.6 Å². The van der Waals surface area contributed by atoms with Crippen LogP contribution in [0, 0.1) is 0 Å². The summed E-state index contributed by atoms with van der Waals surface area (Å²) >= 11 is 0. The first-order valence-corrected chi connectivity index (χ1v) is 16.5. The predicted molar refractivity (Wildman–Crippen MR) is 176 cm³/mol. The molecule has 0 saturated carbocycles. The van der Waals surface area contributed by atoms with Gasteiger partial charge in [0.1, 0.15) is 22.6 Å².